The third-order valence-electron chi connectivity index (χ3n) is 5.59. The van der Waals surface area contributed by atoms with Crippen molar-refractivity contribution in [2.45, 2.75) is 24.0 Å². The molecule has 1 amide bonds. The van der Waals surface area contributed by atoms with E-state index in [0.717, 1.165) is 43.9 Å². The van der Waals surface area contributed by atoms with Crippen LogP contribution in [-0.4, -0.2) is 63.7 Å². The molecule has 1 aliphatic rings. The second-order valence-corrected chi connectivity index (χ2v) is 8.94. The second-order valence-electron chi connectivity index (χ2n) is 7.99. The minimum atomic E-state index is -4.42. The van der Waals surface area contributed by atoms with Crippen LogP contribution in [0, 0.1) is 6.92 Å². The Balaban J connectivity index is 1.45. The number of rotatable bonds is 5. The van der Waals surface area contributed by atoms with Crippen LogP contribution in [0.1, 0.15) is 27.3 Å². The van der Waals surface area contributed by atoms with Gasteiger partial charge >= 0.3 is 6.18 Å². The molecule has 0 N–H and O–H groups in total. The standard InChI is InChI=1S/C23H24F3N5OS/c1-16-27-28-22(31(16)20-5-3-4-19(14-20)23(24,25)26)33-15-17-6-8-18(9-7-17)21(32)30-12-10-29(2)11-13-30/h3-9,14H,10-13,15H2,1-2H3. The molecule has 0 bridgehead atoms. The lowest BCUT2D eigenvalue weighted by Gasteiger charge is -2.32. The van der Waals surface area contributed by atoms with Gasteiger partial charge < -0.3 is 9.80 Å². The number of likely N-dealkylation sites (N-methyl/N-ethyl adjacent to an activating group) is 1. The first-order valence-corrected chi connectivity index (χ1v) is 11.5. The fourth-order valence-corrected chi connectivity index (χ4v) is 4.59. The molecule has 1 fully saturated rings. The topological polar surface area (TPSA) is 54.3 Å². The monoisotopic (exact) mass is 475 g/mol. The summed E-state index contributed by atoms with van der Waals surface area (Å²) in [6.07, 6.45) is -4.42. The highest BCUT2D eigenvalue weighted by atomic mass is 32.2. The van der Waals surface area contributed by atoms with E-state index in [1.54, 1.807) is 17.6 Å². The van der Waals surface area contributed by atoms with Crippen LogP contribution in [-0.2, 0) is 11.9 Å². The van der Waals surface area contributed by atoms with Gasteiger partial charge in [-0.25, -0.2) is 0 Å². The summed E-state index contributed by atoms with van der Waals surface area (Å²) in [5.41, 5.74) is 1.27. The second kappa shape index (κ2) is 9.56. The molecule has 2 heterocycles. The highest BCUT2D eigenvalue weighted by Crippen LogP contribution is 2.32. The first kappa shape index (κ1) is 23.3. The molecule has 174 valence electrons. The maximum Gasteiger partial charge on any atom is 0.416 e. The third-order valence-corrected chi connectivity index (χ3v) is 6.59. The average Bonchev–Trinajstić information content (AvgIpc) is 3.18. The maximum atomic E-state index is 13.1. The SMILES string of the molecule is Cc1nnc(SCc2ccc(C(=O)N3CCN(C)CC3)cc2)n1-c1cccc(C(F)(F)F)c1. The van der Waals surface area contributed by atoms with Crippen LogP contribution in [0.25, 0.3) is 5.69 Å². The average molecular weight is 476 g/mol. The Hall–Kier alpha value is -2.85. The smallest absolute Gasteiger partial charge is 0.336 e. The fraction of sp³-hybridized carbons (Fsp3) is 0.348. The van der Waals surface area contributed by atoms with Crippen molar-refractivity contribution in [3.63, 3.8) is 0 Å². The van der Waals surface area contributed by atoms with Crippen molar-refractivity contribution in [2.24, 2.45) is 0 Å². The van der Waals surface area contributed by atoms with Crippen LogP contribution in [0.2, 0.25) is 0 Å². The van der Waals surface area contributed by atoms with Gasteiger partial charge in [0.25, 0.3) is 5.91 Å². The van der Waals surface area contributed by atoms with E-state index in [2.05, 4.69) is 15.1 Å². The number of piperazine rings is 1. The van der Waals surface area contributed by atoms with E-state index in [0.29, 0.717) is 28.0 Å². The Kier molecular flexibility index (Phi) is 6.76. The predicted molar refractivity (Wildman–Crippen MR) is 121 cm³/mol. The number of hydrogen-bond donors (Lipinski definition) is 0. The molecule has 6 nitrogen and oxygen atoms in total. The van der Waals surface area contributed by atoms with Crippen LogP contribution in [0.4, 0.5) is 13.2 Å². The van der Waals surface area contributed by atoms with Gasteiger partial charge in [0.2, 0.25) is 0 Å². The Labute approximate surface area is 194 Å². The molecule has 0 radical (unpaired) electrons. The van der Waals surface area contributed by atoms with Crippen molar-refractivity contribution in [1.82, 2.24) is 24.6 Å². The lowest BCUT2D eigenvalue weighted by Crippen LogP contribution is -2.47. The van der Waals surface area contributed by atoms with E-state index >= 15 is 0 Å². The van der Waals surface area contributed by atoms with E-state index < -0.39 is 11.7 Å². The summed E-state index contributed by atoms with van der Waals surface area (Å²) in [7, 11) is 2.05. The van der Waals surface area contributed by atoms with Gasteiger partial charge in [0.05, 0.1) is 5.56 Å². The number of halogens is 3. The fourth-order valence-electron chi connectivity index (χ4n) is 3.64. The maximum absolute atomic E-state index is 13.1. The number of carbonyl (C=O) groups is 1. The number of carbonyl (C=O) groups excluding carboxylic acids is 1. The zero-order chi connectivity index (χ0) is 23.6. The number of hydrogen-bond acceptors (Lipinski definition) is 5. The minimum absolute atomic E-state index is 0.0298. The van der Waals surface area contributed by atoms with Gasteiger partial charge in [-0.2, -0.15) is 13.2 Å². The molecular formula is C23H24F3N5OS. The molecule has 4 rings (SSSR count). The van der Waals surface area contributed by atoms with E-state index in [4.69, 9.17) is 0 Å². The molecule has 1 aliphatic heterocycles. The zero-order valence-corrected chi connectivity index (χ0v) is 19.2. The summed E-state index contributed by atoms with van der Waals surface area (Å²) in [5.74, 6) is 1.08. The number of aryl methyl sites for hydroxylation is 1. The molecule has 33 heavy (non-hydrogen) atoms. The molecule has 1 saturated heterocycles. The van der Waals surface area contributed by atoms with Crippen molar-refractivity contribution in [3.05, 3.63) is 71.0 Å². The Morgan fingerprint density at radius 2 is 1.73 bits per heavy atom. The van der Waals surface area contributed by atoms with Gasteiger partial charge in [0.15, 0.2) is 5.16 Å². The third kappa shape index (κ3) is 5.39. The summed E-state index contributed by atoms with van der Waals surface area (Å²) in [6, 6.07) is 12.6. The lowest BCUT2D eigenvalue weighted by molar-refractivity contribution is -0.137. The molecule has 10 heteroatoms. The molecule has 0 aliphatic carbocycles. The van der Waals surface area contributed by atoms with E-state index in [1.807, 2.05) is 36.2 Å². The van der Waals surface area contributed by atoms with Crippen LogP contribution < -0.4 is 0 Å². The van der Waals surface area contributed by atoms with Gasteiger partial charge in [-0.1, -0.05) is 30.0 Å². The number of thioether (sulfide) groups is 1. The van der Waals surface area contributed by atoms with Gasteiger partial charge in [0, 0.05) is 43.2 Å². The highest BCUT2D eigenvalue weighted by Gasteiger charge is 2.31. The molecule has 0 saturated carbocycles. The Morgan fingerprint density at radius 1 is 1.03 bits per heavy atom. The summed E-state index contributed by atoms with van der Waals surface area (Å²) < 4.78 is 41.0. The molecular weight excluding hydrogens is 451 g/mol. The largest absolute Gasteiger partial charge is 0.416 e. The predicted octanol–water partition coefficient (Wildman–Crippen LogP) is 4.27. The molecule has 3 aromatic rings. The van der Waals surface area contributed by atoms with Gasteiger partial charge in [-0.05, 0) is 49.9 Å². The number of benzene rings is 2. The normalized spacial score (nSPS) is 15.1. The van der Waals surface area contributed by atoms with Crippen molar-refractivity contribution in [1.29, 1.82) is 0 Å². The summed E-state index contributed by atoms with van der Waals surface area (Å²) in [5, 5.41) is 8.69. The summed E-state index contributed by atoms with van der Waals surface area (Å²) >= 11 is 1.38. The molecule has 0 spiro atoms. The van der Waals surface area contributed by atoms with E-state index in [9.17, 15) is 18.0 Å². The lowest BCUT2D eigenvalue weighted by atomic mass is 10.1. The number of aromatic nitrogens is 3. The first-order valence-electron chi connectivity index (χ1n) is 10.5. The van der Waals surface area contributed by atoms with Crippen molar-refractivity contribution in [3.8, 4) is 5.69 Å². The van der Waals surface area contributed by atoms with Crippen LogP contribution in [0.15, 0.2) is 53.7 Å². The van der Waals surface area contributed by atoms with E-state index in [-0.39, 0.29) is 5.91 Å². The molecule has 0 atom stereocenters. The summed E-state index contributed by atoms with van der Waals surface area (Å²) in [6.45, 7) is 4.88. The van der Waals surface area contributed by atoms with Crippen LogP contribution in [0.3, 0.4) is 0 Å². The quantitative estimate of drug-likeness (QED) is 0.516. The van der Waals surface area contributed by atoms with Crippen molar-refractivity contribution in [2.75, 3.05) is 33.2 Å². The van der Waals surface area contributed by atoms with Crippen LogP contribution >= 0.6 is 11.8 Å². The van der Waals surface area contributed by atoms with Gasteiger partial charge in [-0.15, -0.1) is 10.2 Å². The first-order chi connectivity index (χ1) is 15.7. The van der Waals surface area contributed by atoms with E-state index in [1.165, 1.54) is 17.8 Å². The zero-order valence-electron chi connectivity index (χ0n) is 18.3. The number of nitrogens with zero attached hydrogens (tertiary/aromatic N) is 5. The molecule has 2 aromatic carbocycles. The van der Waals surface area contributed by atoms with Crippen LogP contribution in [0.5, 0.6) is 0 Å². The van der Waals surface area contributed by atoms with Crippen molar-refractivity contribution < 1.29 is 18.0 Å². The Morgan fingerprint density at radius 3 is 2.39 bits per heavy atom. The molecule has 0 unspecified atom stereocenters. The number of amides is 1. The number of alkyl halides is 3. The Bertz CT molecular complexity index is 1120. The van der Waals surface area contributed by atoms with Crippen molar-refractivity contribution >= 4 is 17.7 Å². The summed E-state index contributed by atoms with van der Waals surface area (Å²) in [4.78, 5) is 16.8. The molecule has 1 aromatic heterocycles. The van der Waals surface area contributed by atoms with Gasteiger partial charge in [0.1, 0.15) is 5.82 Å². The minimum Gasteiger partial charge on any atom is -0.336 e. The highest BCUT2D eigenvalue weighted by molar-refractivity contribution is 7.98. The van der Waals surface area contributed by atoms with Gasteiger partial charge in [-0.3, -0.25) is 9.36 Å².